The summed E-state index contributed by atoms with van der Waals surface area (Å²) < 4.78 is 0. The first kappa shape index (κ1) is 9.23. The zero-order valence-electron chi connectivity index (χ0n) is 9.66. The van der Waals surface area contributed by atoms with Gasteiger partial charge in [0.25, 0.3) is 0 Å². The number of aromatic amines is 1. The molecule has 1 aliphatic rings. The molecule has 0 atom stereocenters. The molecule has 84 valence electrons. The molecule has 0 fully saturated rings. The summed E-state index contributed by atoms with van der Waals surface area (Å²) in [7, 11) is 0. The summed E-state index contributed by atoms with van der Waals surface area (Å²) in [6, 6.07) is 8.37. The lowest BCUT2D eigenvalue weighted by Gasteiger charge is -2.09. The minimum atomic E-state index is 1.08. The molecule has 0 aliphatic heterocycles. The van der Waals surface area contributed by atoms with Crippen molar-refractivity contribution < 1.29 is 0 Å². The fraction of sp³-hybridized carbons (Fsp3) is 0.267. The Morgan fingerprint density at radius 1 is 1.00 bits per heavy atom. The van der Waals surface area contributed by atoms with Gasteiger partial charge in [0.1, 0.15) is 0 Å². The van der Waals surface area contributed by atoms with Crippen molar-refractivity contribution in [1.82, 2.24) is 9.97 Å². The van der Waals surface area contributed by atoms with Crippen molar-refractivity contribution in [2.75, 3.05) is 0 Å². The van der Waals surface area contributed by atoms with E-state index in [0.717, 1.165) is 5.52 Å². The third kappa shape index (κ3) is 1.24. The zero-order valence-corrected chi connectivity index (χ0v) is 9.66. The molecule has 0 saturated carbocycles. The van der Waals surface area contributed by atoms with Crippen LogP contribution < -0.4 is 0 Å². The maximum Gasteiger partial charge on any atom is 0.0723 e. The predicted molar refractivity (Wildman–Crippen MR) is 70.2 cm³/mol. The Morgan fingerprint density at radius 3 is 2.88 bits per heavy atom. The van der Waals surface area contributed by atoms with Crippen molar-refractivity contribution in [3.05, 3.63) is 41.7 Å². The van der Waals surface area contributed by atoms with E-state index in [-0.39, 0.29) is 0 Å². The number of rotatable bonds is 0. The average molecular weight is 222 g/mol. The van der Waals surface area contributed by atoms with Crippen LogP contribution in [0, 0.1) is 0 Å². The van der Waals surface area contributed by atoms with Crippen LogP contribution in [0.1, 0.15) is 24.1 Å². The van der Waals surface area contributed by atoms with E-state index in [1.807, 2.05) is 12.3 Å². The van der Waals surface area contributed by atoms with Gasteiger partial charge in [0.05, 0.1) is 11.0 Å². The number of benzene rings is 1. The number of nitrogens with zero attached hydrogens (tertiary/aromatic N) is 1. The van der Waals surface area contributed by atoms with E-state index in [1.165, 1.54) is 53.2 Å². The fourth-order valence-corrected chi connectivity index (χ4v) is 3.00. The molecular formula is C15H14N2. The van der Waals surface area contributed by atoms with Crippen LogP contribution >= 0.6 is 0 Å². The highest BCUT2D eigenvalue weighted by Crippen LogP contribution is 2.31. The number of H-pyrrole nitrogens is 1. The van der Waals surface area contributed by atoms with Gasteiger partial charge in [-0.2, -0.15) is 0 Å². The van der Waals surface area contributed by atoms with Crippen molar-refractivity contribution >= 4 is 21.8 Å². The summed E-state index contributed by atoms with van der Waals surface area (Å²) >= 11 is 0. The number of nitrogens with one attached hydrogen (secondary N) is 1. The van der Waals surface area contributed by atoms with Gasteiger partial charge < -0.3 is 4.98 Å². The van der Waals surface area contributed by atoms with Crippen LogP contribution in [0.25, 0.3) is 21.8 Å². The van der Waals surface area contributed by atoms with Crippen molar-refractivity contribution in [1.29, 1.82) is 0 Å². The highest BCUT2D eigenvalue weighted by Gasteiger charge is 2.16. The lowest BCUT2D eigenvalue weighted by atomic mass is 9.96. The number of aryl methyl sites for hydroxylation is 2. The van der Waals surface area contributed by atoms with Crippen molar-refractivity contribution in [2.24, 2.45) is 0 Å². The fourth-order valence-electron chi connectivity index (χ4n) is 3.00. The Labute approximate surface area is 99.7 Å². The normalized spacial score (nSPS) is 15.3. The zero-order chi connectivity index (χ0) is 11.2. The van der Waals surface area contributed by atoms with E-state index < -0.39 is 0 Å². The van der Waals surface area contributed by atoms with Crippen molar-refractivity contribution in [3.8, 4) is 0 Å². The molecule has 17 heavy (non-hydrogen) atoms. The van der Waals surface area contributed by atoms with Crippen LogP contribution in [0.15, 0.2) is 30.5 Å². The third-order valence-corrected chi connectivity index (χ3v) is 3.84. The summed E-state index contributed by atoms with van der Waals surface area (Å²) in [4.78, 5) is 8.19. The van der Waals surface area contributed by atoms with Gasteiger partial charge in [-0.3, -0.25) is 4.98 Å². The van der Waals surface area contributed by atoms with Crippen molar-refractivity contribution in [3.63, 3.8) is 0 Å². The Kier molecular flexibility index (Phi) is 1.81. The van der Waals surface area contributed by atoms with E-state index in [0.29, 0.717) is 0 Å². The molecule has 1 aliphatic carbocycles. The lowest BCUT2D eigenvalue weighted by Crippen LogP contribution is -1.99. The molecule has 0 spiro atoms. The number of pyridine rings is 1. The monoisotopic (exact) mass is 222 g/mol. The summed E-state index contributed by atoms with van der Waals surface area (Å²) in [5.41, 5.74) is 5.30. The molecule has 0 amide bonds. The first-order valence-corrected chi connectivity index (χ1v) is 6.30. The predicted octanol–water partition coefficient (Wildman–Crippen LogP) is 3.59. The van der Waals surface area contributed by atoms with Gasteiger partial charge in [0.15, 0.2) is 0 Å². The molecule has 1 N–H and O–H groups in total. The highest BCUT2D eigenvalue weighted by atomic mass is 14.8. The molecule has 0 unspecified atom stereocenters. The maximum atomic E-state index is 4.57. The van der Waals surface area contributed by atoms with Gasteiger partial charge in [-0.05, 0) is 37.3 Å². The standard InChI is InChI=1S/C15H14N2/c1-4-8-14-10(5-1)12-9-16-13-7-3-2-6-11(13)15(12)17-14/h2-3,6-7,9,17H,1,4-5,8H2. The molecule has 4 rings (SSSR count). The van der Waals surface area contributed by atoms with E-state index >= 15 is 0 Å². The topological polar surface area (TPSA) is 28.7 Å². The van der Waals surface area contributed by atoms with Gasteiger partial charge in [0.2, 0.25) is 0 Å². The summed E-state index contributed by atoms with van der Waals surface area (Å²) in [5.74, 6) is 0. The Bertz CT molecular complexity index is 709. The highest BCUT2D eigenvalue weighted by molar-refractivity contribution is 6.04. The third-order valence-electron chi connectivity index (χ3n) is 3.84. The largest absolute Gasteiger partial charge is 0.358 e. The van der Waals surface area contributed by atoms with E-state index in [4.69, 9.17) is 0 Å². The smallest absolute Gasteiger partial charge is 0.0723 e. The van der Waals surface area contributed by atoms with Crippen LogP contribution in [-0.2, 0) is 12.8 Å². The molecule has 1 aromatic carbocycles. The van der Waals surface area contributed by atoms with Gasteiger partial charge >= 0.3 is 0 Å². The Morgan fingerprint density at radius 2 is 1.88 bits per heavy atom. The lowest BCUT2D eigenvalue weighted by molar-refractivity contribution is 0.680. The maximum absolute atomic E-state index is 4.57. The summed E-state index contributed by atoms with van der Waals surface area (Å²) in [5, 5.41) is 2.58. The molecule has 2 heterocycles. The Balaban J connectivity index is 2.16. The number of aromatic nitrogens is 2. The first-order valence-electron chi connectivity index (χ1n) is 6.30. The van der Waals surface area contributed by atoms with Crippen LogP contribution in [0.5, 0.6) is 0 Å². The van der Waals surface area contributed by atoms with E-state index in [9.17, 15) is 0 Å². The van der Waals surface area contributed by atoms with E-state index in [1.54, 1.807) is 0 Å². The molecule has 2 heteroatoms. The second-order valence-corrected chi connectivity index (χ2v) is 4.85. The van der Waals surface area contributed by atoms with Gasteiger partial charge in [-0.1, -0.05) is 18.2 Å². The number of para-hydroxylation sites is 1. The van der Waals surface area contributed by atoms with E-state index in [2.05, 4.69) is 28.2 Å². The van der Waals surface area contributed by atoms with Crippen LogP contribution in [0.2, 0.25) is 0 Å². The quantitative estimate of drug-likeness (QED) is 0.618. The molecule has 2 aromatic heterocycles. The number of hydrogen-bond donors (Lipinski definition) is 1. The summed E-state index contributed by atoms with van der Waals surface area (Å²) in [6.07, 6.45) is 7.06. The van der Waals surface area contributed by atoms with Crippen molar-refractivity contribution in [2.45, 2.75) is 25.7 Å². The molecule has 0 saturated heterocycles. The second kappa shape index (κ2) is 3.33. The van der Waals surface area contributed by atoms with Gasteiger partial charge in [0, 0.05) is 22.7 Å². The summed E-state index contributed by atoms with van der Waals surface area (Å²) in [6.45, 7) is 0. The molecule has 3 aromatic rings. The van der Waals surface area contributed by atoms with Crippen LogP contribution in [0.4, 0.5) is 0 Å². The first-order chi connectivity index (χ1) is 8.43. The average Bonchev–Trinajstić information content (AvgIpc) is 2.78. The second-order valence-electron chi connectivity index (χ2n) is 4.85. The number of fused-ring (bicyclic) bond motifs is 5. The number of hydrogen-bond acceptors (Lipinski definition) is 1. The Hall–Kier alpha value is -1.83. The minimum absolute atomic E-state index is 1.08. The molecule has 0 radical (unpaired) electrons. The SMILES string of the molecule is c1ccc2c(c1)ncc1c3c([nH]c12)CCCC3. The molecule has 2 nitrogen and oxygen atoms in total. The van der Waals surface area contributed by atoms with Gasteiger partial charge in [-0.25, -0.2) is 0 Å². The van der Waals surface area contributed by atoms with Crippen LogP contribution in [-0.4, -0.2) is 9.97 Å². The molecule has 0 bridgehead atoms. The minimum Gasteiger partial charge on any atom is -0.358 e. The van der Waals surface area contributed by atoms with Gasteiger partial charge in [-0.15, -0.1) is 0 Å². The molecular weight excluding hydrogens is 208 g/mol. The van der Waals surface area contributed by atoms with Crippen LogP contribution in [0.3, 0.4) is 0 Å².